The maximum Gasteiger partial charge on any atom is 0.263 e. The highest BCUT2D eigenvalue weighted by Gasteiger charge is 2.22. The van der Waals surface area contributed by atoms with E-state index in [1.165, 1.54) is 23.5 Å². The fourth-order valence-electron chi connectivity index (χ4n) is 3.87. The molecule has 3 N–H and O–H groups in total. The van der Waals surface area contributed by atoms with Crippen LogP contribution in [0.15, 0.2) is 65.7 Å². The third kappa shape index (κ3) is 4.97. The number of rotatable bonds is 6. The normalized spacial score (nSPS) is 14.1. The molecule has 11 heteroatoms. The van der Waals surface area contributed by atoms with Crippen molar-refractivity contribution in [1.29, 1.82) is 0 Å². The number of amides is 1. The summed E-state index contributed by atoms with van der Waals surface area (Å²) in [5.74, 6) is 0.339. The van der Waals surface area contributed by atoms with Crippen molar-refractivity contribution in [2.75, 3.05) is 36.2 Å². The molecule has 35 heavy (non-hydrogen) atoms. The van der Waals surface area contributed by atoms with Crippen molar-refractivity contribution in [3.63, 3.8) is 0 Å². The topological polar surface area (TPSA) is 116 Å². The molecule has 1 aliphatic heterocycles. The van der Waals surface area contributed by atoms with E-state index in [1.807, 2.05) is 25.1 Å². The summed E-state index contributed by atoms with van der Waals surface area (Å²) in [6.07, 6.45) is 1.61. The SMILES string of the molecule is Cc1cccc2sc(NS(=O)(=O)c3ccc(Nc4ncccc4C(=O)N4CCNCC4)cc3)nc12. The smallest absolute Gasteiger partial charge is 0.263 e. The van der Waals surface area contributed by atoms with Crippen molar-refractivity contribution < 1.29 is 13.2 Å². The van der Waals surface area contributed by atoms with E-state index in [0.717, 1.165) is 28.9 Å². The highest BCUT2D eigenvalue weighted by Crippen LogP contribution is 2.30. The number of fused-ring (bicyclic) bond motifs is 1. The fourth-order valence-corrected chi connectivity index (χ4v) is 6.05. The summed E-state index contributed by atoms with van der Waals surface area (Å²) in [4.78, 5) is 23.6. The summed E-state index contributed by atoms with van der Waals surface area (Å²) in [5, 5.41) is 6.70. The molecule has 0 spiro atoms. The first-order chi connectivity index (χ1) is 16.9. The van der Waals surface area contributed by atoms with Crippen LogP contribution in [-0.2, 0) is 10.0 Å². The number of piperazine rings is 1. The molecule has 2 aromatic heterocycles. The Hall–Kier alpha value is -3.54. The second kappa shape index (κ2) is 9.61. The maximum absolute atomic E-state index is 13.0. The number of aryl methyl sites for hydroxylation is 1. The third-order valence-electron chi connectivity index (χ3n) is 5.71. The second-order valence-corrected chi connectivity index (χ2v) is 10.9. The van der Waals surface area contributed by atoms with Crippen molar-refractivity contribution >= 4 is 54.1 Å². The minimum atomic E-state index is -3.81. The van der Waals surface area contributed by atoms with Crippen LogP contribution in [0.25, 0.3) is 10.2 Å². The van der Waals surface area contributed by atoms with Gasteiger partial charge in [0.05, 0.1) is 20.7 Å². The third-order valence-corrected chi connectivity index (χ3v) is 8.13. The first-order valence-corrected chi connectivity index (χ1v) is 13.4. The molecule has 0 radical (unpaired) electrons. The maximum atomic E-state index is 13.0. The van der Waals surface area contributed by atoms with Gasteiger partial charge in [0.25, 0.3) is 15.9 Å². The zero-order valence-corrected chi connectivity index (χ0v) is 20.6. The summed E-state index contributed by atoms with van der Waals surface area (Å²) >= 11 is 1.29. The minimum Gasteiger partial charge on any atom is -0.340 e. The van der Waals surface area contributed by atoms with Crippen molar-refractivity contribution in [3.8, 4) is 0 Å². The first-order valence-electron chi connectivity index (χ1n) is 11.1. The van der Waals surface area contributed by atoms with Gasteiger partial charge in [-0.05, 0) is 55.0 Å². The van der Waals surface area contributed by atoms with Crippen LogP contribution >= 0.6 is 11.3 Å². The average molecular weight is 509 g/mol. The molecular weight excluding hydrogens is 484 g/mol. The lowest BCUT2D eigenvalue weighted by Crippen LogP contribution is -2.46. The number of hydrogen-bond donors (Lipinski definition) is 3. The van der Waals surface area contributed by atoms with Gasteiger partial charge in [0.15, 0.2) is 5.13 Å². The molecule has 1 amide bonds. The van der Waals surface area contributed by atoms with Gasteiger partial charge in [-0.2, -0.15) is 0 Å². The molecule has 0 atom stereocenters. The Bertz CT molecular complexity index is 1480. The molecular formula is C24H24N6O3S2. The Labute approximate surface area is 207 Å². The summed E-state index contributed by atoms with van der Waals surface area (Å²) < 4.78 is 29.3. The highest BCUT2D eigenvalue weighted by molar-refractivity contribution is 7.93. The zero-order chi connectivity index (χ0) is 24.4. The van der Waals surface area contributed by atoms with Crippen molar-refractivity contribution in [3.05, 3.63) is 71.9 Å². The molecule has 2 aromatic carbocycles. The van der Waals surface area contributed by atoms with Gasteiger partial charge in [0, 0.05) is 38.1 Å². The van der Waals surface area contributed by atoms with Gasteiger partial charge in [-0.1, -0.05) is 23.5 Å². The Morgan fingerprint density at radius 2 is 1.83 bits per heavy atom. The van der Waals surface area contributed by atoms with E-state index in [-0.39, 0.29) is 10.8 Å². The number of anilines is 3. The number of nitrogens with one attached hydrogen (secondary N) is 3. The largest absolute Gasteiger partial charge is 0.340 e. The lowest BCUT2D eigenvalue weighted by molar-refractivity contribution is 0.0736. The average Bonchev–Trinajstić information content (AvgIpc) is 3.28. The molecule has 3 heterocycles. The number of carbonyl (C=O) groups excluding carboxylic acids is 1. The van der Waals surface area contributed by atoms with Gasteiger partial charge in [-0.25, -0.2) is 18.4 Å². The zero-order valence-electron chi connectivity index (χ0n) is 19.0. The van der Waals surface area contributed by atoms with Crippen LogP contribution in [0.1, 0.15) is 15.9 Å². The Kier molecular flexibility index (Phi) is 6.37. The molecule has 5 rings (SSSR count). The summed E-state index contributed by atoms with van der Waals surface area (Å²) in [7, 11) is -3.81. The van der Waals surface area contributed by atoms with Crippen molar-refractivity contribution in [1.82, 2.24) is 20.2 Å². The monoisotopic (exact) mass is 508 g/mol. The molecule has 0 unspecified atom stereocenters. The lowest BCUT2D eigenvalue weighted by atomic mass is 10.2. The van der Waals surface area contributed by atoms with E-state index in [9.17, 15) is 13.2 Å². The predicted octanol–water partition coefficient (Wildman–Crippen LogP) is 3.59. The summed E-state index contributed by atoms with van der Waals surface area (Å²) in [5.41, 5.74) is 2.87. The van der Waals surface area contributed by atoms with Crippen LogP contribution in [0.5, 0.6) is 0 Å². The van der Waals surface area contributed by atoms with E-state index in [1.54, 1.807) is 35.4 Å². The van der Waals surface area contributed by atoms with Gasteiger partial charge in [-0.3, -0.25) is 9.52 Å². The molecule has 0 aliphatic carbocycles. The van der Waals surface area contributed by atoms with Crippen LogP contribution in [0, 0.1) is 6.92 Å². The van der Waals surface area contributed by atoms with Gasteiger partial charge >= 0.3 is 0 Å². The molecule has 9 nitrogen and oxygen atoms in total. The standard InChI is InChI=1S/C24H24N6O3S2/c1-16-4-2-6-20-21(16)28-24(34-20)29-35(32,33)18-9-7-17(8-10-18)27-22-19(5-3-11-26-22)23(31)30-14-12-25-13-15-30/h2-11,25H,12-15H2,1H3,(H,26,27)(H,28,29). The molecule has 0 bridgehead atoms. The van der Waals surface area contributed by atoms with Crippen LogP contribution < -0.4 is 15.4 Å². The second-order valence-electron chi connectivity index (χ2n) is 8.14. The number of thiazole rings is 1. The number of hydrogen-bond acceptors (Lipinski definition) is 8. The van der Waals surface area contributed by atoms with Crippen LogP contribution in [0.2, 0.25) is 0 Å². The van der Waals surface area contributed by atoms with Gasteiger partial charge in [-0.15, -0.1) is 0 Å². The van der Waals surface area contributed by atoms with E-state index in [2.05, 4.69) is 25.3 Å². The molecule has 1 saturated heterocycles. The van der Waals surface area contributed by atoms with E-state index in [4.69, 9.17) is 0 Å². The Balaban J connectivity index is 1.33. The number of benzene rings is 2. The Morgan fingerprint density at radius 1 is 1.06 bits per heavy atom. The number of pyridine rings is 1. The fraction of sp³-hybridized carbons (Fsp3) is 0.208. The predicted molar refractivity (Wildman–Crippen MR) is 138 cm³/mol. The molecule has 1 aliphatic rings. The van der Waals surface area contributed by atoms with Crippen molar-refractivity contribution in [2.24, 2.45) is 0 Å². The van der Waals surface area contributed by atoms with Crippen LogP contribution in [0.4, 0.5) is 16.6 Å². The number of aromatic nitrogens is 2. The van der Waals surface area contributed by atoms with E-state index >= 15 is 0 Å². The van der Waals surface area contributed by atoms with Crippen molar-refractivity contribution in [2.45, 2.75) is 11.8 Å². The molecule has 180 valence electrons. The van der Waals surface area contributed by atoms with Gasteiger partial charge in [0.2, 0.25) is 0 Å². The van der Waals surface area contributed by atoms with Crippen LogP contribution in [-0.4, -0.2) is 55.4 Å². The highest BCUT2D eigenvalue weighted by atomic mass is 32.2. The molecule has 0 saturated carbocycles. The number of sulfonamides is 1. The van der Waals surface area contributed by atoms with Gasteiger partial charge < -0.3 is 15.5 Å². The molecule has 1 fully saturated rings. The van der Waals surface area contributed by atoms with E-state index in [0.29, 0.717) is 35.3 Å². The first kappa shape index (κ1) is 23.2. The quantitative estimate of drug-likeness (QED) is 0.364. The van der Waals surface area contributed by atoms with Crippen LogP contribution in [0.3, 0.4) is 0 Å². The number of carbonyl (C=O) groups is 1. The summed E-state index contributed by atoms with van der Waals surface area (Å²) in [6, 6.07) is 15.5. The van der Waals surface area contributed by atoms with E-state index < -0.39 is 10.0 Å². The Morgan fingerprint density at radius 3 is 2.57 bits per heavy atom. The lowest BCUT2D eigenvalue weighted by Gasteiger charge is -2.28. The number of para-hydroxylation sites is 1. The summed E-state index contributed by atoms with van der Waals surface area (Å²) in [6.45, 7) is 4.74. The molecule has 4 aromatic rings. The minimum absolute atomic E-state index is 0.0865. The number of nitrogens with zero attached hydrogens (tertiary/aromatic N) is 3. The van der Waals surface area contributed by atoms with Gasteiger partial charge in [0.1, 0.15) is 5.82 Å².